The van der Waals surface area contributed by atoms with E-state index in [4.69, 9.17) is 11.6 Å². The molecule has 0 saturated heterocycles. The summed E-state index contributed by atoms with van der Waals surface area (Å²) in [6, 6.07) is 10.4. The lowest BCUT2D eigenvalue weighted by Crippen LogP contribution is -2.00. The van der Waals surface area contributed by atoms with E-state index in [0.717, 1.165) is 27.1 Å². The number of fused-ring (bicyclic) bond motifs is 1. The first-order valence-corrected chi connectivity index (χ1v) is 8.12. The number of hydrogen-bond acceptors (Lipinski definition) is 2. The molecule has 2 aromatic heterocycles. The van der Waals surface area contributed by atoms with Gasteiger partial charge in [-0.3, -0.25) is 4.57 Å². The summed E-state index contributed by atoms with van der Waals surface area (Å²) in [6.45, 7) is 4.37. The lowest BCUT2D eigenvalue weighted by atomic mass is 10.0. The van der Waals surface area contributed by atoms with Crippen molar-refractivity contribution in [3.05, 3.63) is 52.4 Å². The smallest absolute Gasteiger partial charge is 0.164 e. The minimum atomic E-state index is 0.347. The number of pyridine rings is 1. The molecular weight excluding hydrogens is 350 g/mol. The molecule has 0 aliphatic carbocycles. The van der Waals surface area contributed by atoms with E-state index in [2.05, 4.69) is 64.0 Å². The molecule has 3 rings (SSSR count). The van der Waals surface area contributed by atoms with Crippen LogP contribution in [0, 0.1) is 0 Å². The second-order valence-electron chi connectivity index (χ2n) is 5.24. The summed E-state index contributed by atoms with van der Waals surface area (Å²) in [7, 11) is 0. The zero-order valence-corrected chi connectivity index (χ0v) is 14.2. The number of halogens is 2. The molecule has 3 nitrogen and oxygen atoms in total. The summed E-state index contributed by atoms with van der Waals surface area (Å²) in [6.07, 6.45) is 1.78. The zero-order chi connectivity index (χ0) is 15.0. The molecule has 0 radical (unpaired) electrons. The van der Waals surface area contributed by atoms with Gasteiger partial charge in [0.15, 0.2) is 5.65 Å². The van der Waals surface area contributed by atoms with Gasteiger partial charge in [-0.2, -0.15) is 0 Å². The number of nitrogens with zero attached hydrogens (tertiary/aromatic N) is 3. The van der Waals surface area contributed by atoms with Gasteiger partial charge in [0.2, 0.25) is 0 Å². The van der Waals surface area contributed by atoms with Crippen molar-refractivity contribution in [2.45, 2.75) is 25.6 Å². The topological polar surface area (TPSA) is 30.7 Å². The SMILES string of the molecule is CC(C)c1ccc(-n2c(CCl)nc3cc(Br)cnc32)cc1. The van der Waals surface area contributed by atoms with Crippen molar-refractivity contribution in [3.63, 3.8) is 0 Å². The maximum atomic E-state index is 6.05. The van der Waals surface area contributed by atoms with Gasteiger partial charge in [-0.15, -0.1) is 11.6 Å². The van der Waals surface area contributed by atoms with Gasteiger partial charge in [0.1, 0.15) is 11.3 Å². The van der Waals surface area contributed by atoms with E-state index in [9.17, 15) is 0 Å². The number of alkyl halides is 1. The molecule has 108 valence electrons. The van der Waals surface area contributed by atoms with Gasteiger partial charge >= 0.3 is 0 Å². The van der Waals surface area contributed by atoms with E-state index in [-0.39, 0.29) is 0 Å². The number of aromatic nitrogens is 3. The van der Waals surface area contributed by atoms with Crippen LogP contribution in [0.15, 0.2) is 41.0 Å². The minimum Gasteiger partial charge on any atom is -0.280 e. The van der Waals surface area contributed by atoms with E-state index in [1.165, 1.54) is 5.56 Å². The van der Waals surface area contributed by atoms with Gasteiger partial charge in [0.25, 0.3) is 0 Å². The highest BCUT2D eigenvalue weighted by Gasteiger charge is 2.13. The van der Waals surface area contributed by atoms with Gasteiger partial charge in [-0.05, 0) is 45.6 Å². The Labute approximate surface area is 137 Å². The van der Waals surface area contributed by atoms with Gasteiger partial charge in [-0.25, -0.2) is 9.97 Å². The highest BCUT2D eigenvalue weighted by molar-refractivity contribution is 9.10. The van der Waals surface area contributed by atoms with Crippen molar-refractivity contribution in [2.24, 2.45) is 0 Å². The maximum Gasteiger partial charge on any atom is 0.164 e. The van der Waals surface area contributed by atoms with Crippen molar-refractivity contribution < 1.29 is 0 Å². The average molecular weight is 365 g/mol. The van der Waals surface area contributed by atoms with Gasteiger partial charge in [0.05, 0.1) is 5.88 Å². The number of rotatable bonds is 3. The molecule has 5 heteroatoms. The van der Waals surface area contributed by atoms with Crippen molar-refractivity contribution in [3.8, 4) is 5.69 Å². The molecule has 0 fully saturated rings. The van der Waals surface area contributed by atoms with Crippen molar-refractivity contribution in [1.82, 2.24) is 14.5 Å². The predicted octanol–water partition coefficient (Wildman–Crippen LogP) is 5.05. The number of hydrogen-bond donors (Lipinski definition) is 0. The van der Waals surface area contributed by atoms with Gasteiger partial charge in [0, 0.05) is 16.4 Å². The second kappa shape index (κ2) is 5.78. The van der Waals surface area contributed by atoms with Gasteiger partial charge in [-0.1, -0.05) is 26.0 Å². The van der Waals surface area contributed by atoms with E-state index in [0.29, 0.717) is 11.8 Å². The Morgan fingerprint density at radius 2 is 1.95 bits per heavy atom. The molecule has 0 spiro atoms. The molecule has 0 aliphatic heterocycles. The Morgan fingerprint density at radius 3 is 2.57 bits per heavy atom. The largest absolute Gasteiger partial charge is 0.280 e. The molecule has 0 N–H and O–H groups in total. The average Bonchev–Trinajstić information content (AvgIpc) is 2.84. The van der Waals surface area contributed by atoms with Crippen LogP contribution in [0.1, 0.15) is 31.2 Å². The Bertz CT molecular complexity index is 778. The van der Waals surface area contributed by atoms with E-state index >= 15 is 0 Å². The second-order valence-corrected chi connectivity index (χ2v) is 6.42. The van der Waals surface area contributed by atoms with Crippen LogP contribution in [0.3, 0.4) is 0 Å². The Morgan fingerprint density at radius 1 is 1.24 bits per heavy atom. The summed E-state index contributed by atoms with van der Waals surface area (Å²) < 4.78 is 2.93. The lowest BCUT2D eigenvalue weighted by molar-refractivity contribution is 0.864. The fourth-order valence-electron chi connectivity index (χ4n) is 2.36. The summed E-state index contributed by atoms with van der Waals surface area (Å²) in [4.78, 5) is 9.04. The number of imidazole rings is 1. The predicted molar refractivity (Wildman–Crippen MR) is 90.2 cm³/mol. The van der Waals surface area contributed by atoms with Crippen molar-refractivity contribution in [2.75, 3.05) is 0 Å². The highest BCUT2D eigenvalue weighted by Crippen LogP contribution is 2.24. The normalized spacial score (nSPS) is 11.5. The molecule has 1 aromatic carbocycles. The van der Waals surface area contributed by atoms with Crippen molar-refractivity contribution in [1.29, 1.82) is 0 Å². The Hall–Kier alpha value is -1.39. The zero-order valence-electron chi connectivity index (χ0n) is 11.8. The molecule has 0 saturated carbocycles. The fraction of sp³-hybridized carbons (Fsp3) is 0.250. The third kappa shape index (κ3) is 2.70. The molecule has 0 atom stereocenters. The van der Waals surface area contributed by atoms with Crippen LogP contribution >= 0.6 is 27.5 Å². The number of benzene rings is 1. The van der Waals surface area contributed by atoms with Crippen LogP contribution in [0.2, 0.25) is 0 Å². The Kier molecular flexibility index (Phi) is 4.00. The molecule has 0 aliphatic rings. The van der Waals surface area contributed by atoms with E-state index in [1.54, 1.807) is 6.20 Å². The monoisotopic (exact) mass is 363 g/mol. The van der Waals surface area contributed by atoms with Crippen LogP contribution in [-0.4, -0.2) is 14.5 Å². The maximum absolute atomic E-state index is 6.05. The summed E-state index contributed by atoms with van der Waals surface area (Å²) >= 11 is 9.48. The van der Waals surface area contributed by atoms with E-state index in [1.807, 2.05) is 10.6 Å². The fourth-order valence-corrected chi connectivity index (χ4v) is 2.85. The summed E-state index contributed by atoms with van der Waals surface area (Å²) in [5.74, 6) is 1.66. The lowest BCUT2D eigenvalue weighted by Gasteiger charge is -2.10. The molecule has 0 bridgehead atoms. The van der Waals surface area contributed by atoms with Crippen LogP contribution in [0.5, 0.6) is 0 Å². The first-order chi connectivity index (χ1) is 10.1. The van der Waals surface area contributed by atoms with Crippen LogP contribution in [0.4, 0.5) is 0 Å². The minimum absolute atomic E-state index is 0.347. The Balaban J connectivity index is 2.18. The first-order valence-electron chi connectivity index (χ1n) is 6.79. The summed E-state index contributed by atoms with van der Waals surface area (Å²) in [5, 5.41) is 0. The van der Waals surface area contributed by atoms with Crippen LogP contribution in [-0.2, 0) is 5.88 Å². The van der Waals surface area contributed by atoms with E-state index < -0.39 is 0 Å². The van der Waals surface area contributed by atoms with Crippen LogP contribution < -0.4 is 0 Å². The molecule has 0 unspecified atom stereocenters. The van der Waals surface area contributed by atoms with Crippen LogP contribution in [0.25, 0.3) is 16.9 Å². The standard InChI is InChI=1S/C16H15BrClN3/c1-10(2)11-3-5-13(6-4-11)21-15(8-18)20-14-7-12(17)9-19-16(14)21/h3-7,9-10H,8H2,1-2H3. The third-order valence-corrected chi connectivity index (χ3v) is 4.14. The summed E-state index contributed by atoms with van der Waals surface area (Å²) in [5.41, 5.74) is 4.01. The molecule has 0 amide bonds. The molecule has 3 aromatic rings. The first kappa shape index (κ1) is 14.5. The molecular formula is C16H15BrClN3. The quantitative estimate of drug-likeness (QED) is 0.609. The molecule has 2 heterocycles. The van der Waals surface area contributed by atoms with Gasteiger partial charge < -0.3 is 0 Å². The molecule has 21 heavy (non-hydrogen) atoms. The third-order valence-electron chi connectivity index (χ3n) is 3.47. The van der Waals surface area contributed by atoms with Crippen molar-refractivity contribution >= 4 is 38.7 Å². The highest BCUT2D eigenvalue weighted by atomic mass is 79.9.